The van der Waals surface area contributed by atoms with Crippen molar-refractivity contribution >= 4 is 5.69 Å². The summed E-state index contributed by atoms with van der Waals surface area (Å²) in [5.74, 6) is 0.845. The summed E-state index contributed by atoms with van der Waals surface area (Å²) < 4.78 is 10.8. The van der Waals surface area contributed by atoms with Crippen LogP contribution in [0, 0.1) is 13.8 Å². The Labute approximate surface area is 119 Å². The normalized spacial score (nSPS) is 10.6. The van der Waals surface area contributed by atoms with Gasteiger partial charge in [0, 0.05) is 11.9 Å². The van der Waals surface area contributed by atoms with E-state index >= 15 is 0 Å². The van der Waals surface area contributed by atoms with Gasteiger partial charge < -0.3 is 15.2 Å². The van der Waals surface area contributed by atoms with Gasteiger partial charge in [0.25, 0.3) is 0 Å². The molecule has 0 aliphatic heterocycles. The third kappa shape index (κ3) is 3.27. The van der Waals surface area contributed by atoms with Crippen LogP contribution >= 0.6 is 0 Å². The van der Waals surface area contributed by atoms with Crippen LogP contribution in [0.1, 0.15) is 22.4 Å². The van der Waals surface area contributed by atoms with Gasteiger partial charge in [-0.25, -0.2) is 0 Å². The van der Waals surface area contributed by atoms with E-state index in [0.29, 0.717) is 13.2 Å². The van der Waals surface area contributed by atoms with Crippen molar-refractivity contribution < 1.29 is 9.47 Å². The molecule has 0 spiro atoms. The highest BCUT2D eigenvalue weighted by Gasteiger charge is 2.06. The lowest BCUT2D eigenvalue weighted by Gasteiger charge is -2.10. The number of anilines is 1. The van der Waals surface area contributed by atoms with Crippen LogP contribution in [0.2, 0.25) is 0 Å². The maximum atomic E-state index is 5.99. The Kier molecular flexibility index (Phi) is 4.58. The molecule has 20 heavy (non-hydrogen) atoms. The van der Waals surface area contributed by atoms with Crippen molar-refractivity contribution in [1.82, 2.24) is 4.98 Å². The van der Waals surface area contributed by atoms with Crippen molar-refractivity contribution in [1.29, 1.82) is 0 Å². The van der Waals surface area contributed by atoms with Crippen LogP contribution < -0.4 is 10.5 Å². The molecule has 0 atom stereocenters. The molecule has 0 radical (unpaired) electrons. The highest BCUT2D eigenvalue weighted by Crippen LogP contribution is 2.19. The molecule has 1 aromatic carbocycles. The van der Waals surface area contributed by atoms with Gasteiger partial charge in [0.15, 0.2) is 0 Å². The number of methoxy groups -OCH3 is 1. The van der Waals surface area contributed by atoms with E-state index in [4.69, 9.17) is 15.2 Å². The Morgan fingerprint density at radius 2 is 1.80 bits per heavy atom. The molecule has 0 amide bonds. The van der Waals surface area contributed by atoms with E-state index in [0.717, 1.165) is 33.8 Å². The Morgan fingerprint density at radius 3 is 2.45 bits per heavy atom. The first-order chi connectivity index (χ1) is 9.61. The second-order valence-electron chi connectivity index (χ2n) is 4.77. The van der Waals surface area contributed by atoms with Gasteiger partial charge in [0.05, 0.1) is 26.0 Å². The summed E-state index contributed by atoms with van der Waals surface area (Å²) in [6.45, 7) is 4.93. The number of pyridine rings is 1. The van der Waals surface area contributed by atoms with Crippen LogP contribution in [0.3, 0.4) is 0 Å². The van der Waals surface area contributed by atoms with Gasteiger partial charge in [0.1, 0.15) is 5.75 Å². The van der Waals surface area contributed by atoms with Gasteiger partial charge in [0.2, 0.25) is 0 Å². The van der Waals surface area contributed by atoms with E-state index in [9.17, 15) is 0 Å². The fraction of sp³-hybridized carbons (Fsp3) is 0.312. The average molecular weight is 272 g/mol. The molecule has 0 aliphatic carbocycles. The largest absolute Gasteiger partial charge is 0.497 e. The molecule has 2 aromatic rings. The number of benzene rings is 1. The molecular weight excluding hydrogens is 252 g/mol. The van der Waals surface area contributed by atoms with Crippen LogP contribution in [-0.4, -0.2) is 12.1 Å². The third-order valence-corrected chi connectivity index (χ3v) is 3.34. The molecule has 1 aromatic heterocycles. The molecular formula is C16H20N2O2. The maximum absolute atomic E-state index is 5.99. The summed E-state index contributed by atoms with van der Waals surface area (Å²) in [5, 5.41) is 0. The number of ether oxygens (including phenoxy) is 2. The van der Waals surface area contributed by atoms with Crippen molar-refractivity contribution in [3.8, 4) is 5.75 Å². The number of hydrogen-bond acceptors (Lipinski definition) is 4. The highest BCUT2D eigenvalue weighted by molar-refractivity contribution is 5.53. The Bertz CT molecular complexity index is 580. The zero-order valence-electron chi connectivity index (χ0n) is 12.1. The van der Waals surface area contributed by atoms with E-state index in [1.165, 1.54) is 0 Å². The summed E-state index contributed by atoms with van der Waals surface area (Å²) >= 11 is 0. The molecule has 0 unspecified atom stereocenters. The minimum atomic E-state index is 0.461. The van der Waals surface area contributed by atoms with Crippen molar-refractivity contribution in [3.05, 3.63) is 52.8 Å². The second-order valence-corrected chi connectivity index (χ2v) is 4.77. The Morgan fingerprint density at radius 1 is 1.10 bits per heavy atom. The van der Waals surface area contributed by atoms with E-state index in [1.54, 1.807) is 13.3 Å². The molecule has 0 aliphatic rings. The van der Waals surface area contributed by atoms with Crippen molar-refractivity contribution in [2.24, 2.45) is 0 Å². The summed E-state index contributed by atoms with van der Waals surface area (Å²) in [6.07, 6.45) is 1.79. The molecule has 4 nitrogen and oxygen atoms in total. The number of hydrogen-bond donors (Lipinski definition) is 1. The molecule has 2 rings (SSSR count). The average Bonchev–Trinajstić information content (AvgIpc) is 2.48. The lowest BCUT2D eigenvalue weighted by atomic mass is 10.1. The zero-order chi connectivity index (χ0) is 14.5. The fourth-order valence-corrected chi connectivity index (χ4v) is 1.93. The first-order valence-corrected chi connectivity index (χ1v) is 6.53. The SMILES string of the molecule is COc1ccc(COCc2ncc(C)c(N)c2C)cc1. The quantitative estimate of drug-likeness (QED) is 0.909. The zero-order valence-corrected chi connectivity index (χ0v) is 12.1. The van der Waals surface area contributed by atoms with Gasteiger partial charge >= 0.3 is 0 Å². The first kappa shape index (κ1) is 14.3. The lowest BCUT2D eigenvalue weighted by molar-refractivity contribution is 0.104. The highest BCUT2D eigenvalue weighted by atomic mass is 16.5. The maximum Gasteiger partial charge on any atom is 0.118 e. The van der Waals surface area contributed by atoms with Gasteiger partial charge in [-0.1, -0.05) is 12.1 Å². The van der Waals surface area contributed by atoms with E-state index in [2.05, 4.69) is 4.98 Å². The number of aromatic nitrogens is 1. The third-order valence-electron chi connectivity index (χ3n) is 3.34. The molecule has 1 heterocycles. The van der Waals surface area contributed by atoms with Crippen LogP contribution in [0.4, 0.5) is 5.69 Å². The van der Waals surface area contributed by atoms with Crippen LogP contribution in [0.15, 0.2) is 30.5 Å². The smallest absolute Gasteiger partial charge is 0.118 e. The number of rotatable bonds is 5. The summed E-state index contributed by atoms with van der Waals surface area (Å²) in [5.41, 5.74) is 10.8. The van der Waals surface area contributed by atoms with E-state index in [1.807, 2.05) is 38.1 Å². The topological polar surface area (TPSA) is 57.4 Å². The molecule has 4 heteroatoms. The number of aryl methyl sites for hydroxylation is 1. The standard InChI is InChI=1S/C16H20N2O2/c1-11-8-18-15(12(2)16(11)17)10-20-9-13-4-6-14(19-3)7-5-13/h4-8H,9-10H2,1-3H3,(H2,17,18). The van der Waals surface area contributed by atoms with Crippen molar-refractivity contribution in [2.45, 2.75) is 27.1 Å². The number of nitrogen functional groups attached to an aromatic ring is 1. The predicted octanol–water partition coefficient (Wildman–Crippen LogP) is 3.01. The van der Waals surface area contributed by atoms with Gasteiger partial charge in [-0.2, -0.15) is 0 Å². The van der Waals surface area contributed by atoms with Crippen LogP contribution in [-0.2, 0) is 18.0 Å². The minimum Gasteiger partial charge on any atom is -0.497 e. The Balaban J connectivity index is 1.94. The number of nitrogens with zero attached hydrogens (tertiary/aromatic N) is 1. The first-order valence-electron chi connectivity index (χ1n) is 6.53. The van der Waals surface area contributed by atoms with E-state index < -0.39 is 0 Å². The summed E-state index contributed by atoms with van der Waals surface area (Å²) in [7, 11) is 1.65. The Hall–Kier alpha value is -2.07. The monoisotopic (exact) mass is 272 g/mol. The molecule has 0 saturated carbocycles. The fourth-order valence-electron chi connectivity index (χ4n) is 1.93. The lowest BCUT2D eigenvalue weighted by Crippen LogP contribution is -2.04. The van der Waals surface area contributed by atoms with E-state index in [-0.39, 0.29) is 0 Å². The second kappa shape index (κ2) is 6.39. The molecule has 0 bridgehead atoms. The molecule has 2 N–H and O–H groups in total. The number of nitrogens with two attached hydrogens (primary N) is 1. The van der Waals surface area contributed by atoms with Gasteiger partial charge in [-0.15, -0.1) is 0 Å². The molecule has 0 fully saturated rings. The van der Waals surface area contributed by atoms with Gasteiger partial charge in [-0.3, -0.25) is 4.98 Å². The van der Waals surface area contributed by atoms with Crippen LogP contribution in [0.25, 0.3) is 0 Å². The minimum absolute atomic E-state index is 0.461. The summed E-state index contributed by atoms with van der Waals surface area (Å²) in [4.78, 5) is 4.37. The molecule has 106 valence electrons. The van der Waals surface area contributed by atoms with Crippen molar-refractivity contribution in [2.75, 3.05) is 12.8 Å². The van der Waals surface area contributed by atoms with Crippen LogP contribution in [0.5, 0.6) is 5.75 Å². The van der Waals surface area contributed by atoms with Gasteiger partial charge in [-0.05, 0) is 42.7 Å². The summed E-state index contributed by atoms with van der Waals surface area (Å²) in [6, 6.07) is 7.82. The van der Waals surface area contributed by atoms with Crippen molar-refractivity contribution in [3.63, 3.8) is 0 Å². The molecule has 0 saturated heterocycles. The predicted molar refractivity (Wildman–Crippen MR) is 79.6 cm³/mol.